The average molecular weight is 231 g/mol. The van der Waals surface area contributed by atoms with Crippen LogP contribution in [-0.4, -0.2) is 10.1 Å². The first kappa shape index (κ1) is 11.8. The quantitative estimate of drug-likeness (QED) is 0.877. The summed E-state index contributed by atoms with van der Waals surface area (Å²) >= 11 is 0. The van der Waals surface area contributed by atoms with Crippen LogP contribution in [0.1, 0.15) is 42.2 Å². The van der Waals surface area contributed by atoms with E-state index in [1.807, 2.05) is 31.2 Å². The topological polar surface area (TPSA) is 64.9 Å². The number of rotatable bonds is 4. The monoisotopic (exact) mass is 231 g/mol. The minimum atomic E-state index is -0.315. The smallest absolute Gasteiger partial charge is 0.226 e. The largest absolute Gasteiger partial charge is 0.339 e. The third kappa shape index (κ3) is 2.71. The van der Waals surface area contributed by atoms with Crippen LogP contribution in [-0.2, 0) is 6.42 Å². The van der Waals surface area contributed by atoms with Gasteiger partial charge in [-0.3, -0.25) is 0 Å². The minimum Gasteiger partial charge on any atom is -0.339 e. The van der Waals surface area contributed by atoms with Gasteiger partial charge in [0.15, 0.2) is 5.82 Å². The molecule has 0 spiro atoms. The first-order chi connectivity index (χ1) is 8.20. The van der Waals surface area contributed by atoms with Gasteiger partial charge in [0.2, 0.25) is 5.89 Å². The Balaban J connectivity index is 2.18. The van der Waals surface area contributed by atoms with Crippen molar-refractivity contribution in [3.8, 4) is 0 Å². The zero-order valence-electron chi connectivity index (χ0n) is 10.2. The first-order valence-electron chi connectivity index (χ1n) is 5.85. The van der Waals surface area contributed by atoms with E-state index in [0.29, 0.717) is 11.7 Å². The highest BCUT2D eigenvalue weighted by atomic mass is 16.5. The van der Waals surface area contributed by atoms with Crippen molar-refractivity contribution < 1.29 is 4.52 Å². The summed E-state index contributed by atoms with van der Waals surface area (Å²) in [6, 6.07) is 7.74. The van der Waals surface area contributed by atoms with E-state index in [-0.39, 0.29) is 6.04 Å². The second-order valence-electron chi connectivity index (χ2n) is 4.18. The van der Waals surface area contributed by atoms with Crippen LogP contribution < -0.4 is 5.73 Å². The van der Waals surface area contributed by atoms with Crippen molar-refractivity contribution in [3.05, 3.63) is 47.1 Å². The van der Waals surface area contributed by atoms with Crippen LogP contribution in [0.25, 0.3) is 0 Å². The normalized spacial score (nSPS) is 12.6. The molecule has 4 heteroatoms. The van der Waals surface area contributed by atoms with Gasteiger partial charge in [-0.25, -0.2) is 0 Å². The predicted molar refractivity (Wildman–Crippen MR) is 65.5 cm³/mol. The van der Waals surface area contributed by atoms with E-state index in [9.17, 15) is 0 Å². The fraction of sp³-hybridized carbons (Fsp3) is 0.385. The van der Waals surface area contributed by atoms with E-state index in [2.05, 4.69) is 17.1 Å². The summed E-state index contributed by atoms with van der Waals surface area (Å²) in [5, 5.41) is 3.92. The number of nitrogens with two attached hydrogens (primary N) is 1. The molecule has 0 aliphatic carbocycles. The number of benzene rings is 1. The number of hydrogen-bond acceptors (Lipinski definition) is 4. The van der Waals surface area contributed by atoms with E-state index < -0.39 is 0 Å². The van der Waals surface area contributed by atoms with Gasteiger partial charge in [0.05, 0.1) is 6.04 Å². The highest BCUT2D eigenvalue weighted by molar-refractivity contribution is 5.27. The SMILES string of the molecule is CCCc1nc(C(N)c2ccc(C)cc2)no1. The molecule has 1 atom stereocenters. The molecule has 1 heterocycles. The van der Waals surface area contributed by atoms with E-state index >= 15 is 0 Å². The Labute approximate surface area is 101 Å². The van der Waals surface area contributed by atoms with E-state index in [1.165, 1.54) is 5.56 Å². The standard InChI is InChI=1S/C13H17N3O/c1-3-4-11-15-13(16-17-11)12(14)10-7-5-9(2)6-8-10/h5-8,12H,3-4,14H2,1-2H3. The highest BCUT2D eigenvalue weighted by Gasteiger charge is 2.15. The third-order valence-corrected chi connectivity index (χ3v) is 2.66. The molecule has 0 aliphatic rings. The molecule has 0 saturated heterocycles. The van der Waals surface area contributed by atoms with Crippen molar-refractivity contribution in [2.45, 2.75) is 32.7 Å². The van der Waals surface area contributed by atoms with Crippen LogP contribution in [0.15, 0.2) is 28.8 Å². The lowest BCUT2D eigenvalue weighted by Crippen LogP contribution is -2.13. The van der Waals surface area contributed by atoms with Gasteiger partial charge >= 0.3 is 0 Å². The number of aromatic nitrogens is 2. The molecule has 0 bridgehead atoms. The lowest BCUT2D eigenvalue weighted by Gasteiger charge is -2.07. The van der Waals surface area contributed by atoms with Gasteiger partial charge in [-0.1, -0.05) is 41.9 Å². The third-order valence-electron chi connectivity index (χ3n) is 2.66. The summed E-state index contributed by atoms with van der Waals surface area (Å²) < 4.78 is 5.13. The molecule has 2 aromatic rings. The Hall–Kier alpha value is -1.68. The van der Waals surface area contributed by atoms with Gasteiger partial charge in [-0.2, -0.15) is 4.98 Å². The summed E-state index contributed by atoms with van der Waals surface area (Å²) in [6.45, 7) is 4.12. The van der Waals surface area contributed by atoms with Crippen LogP contribution in [0.5, 0.6) is 0 Å². The maximum Gasteiger partial charge on any atom is 0.226 e. The maximum absolute atomic E-state index is 6.09. The Bertz CT molecular complexity index is 476. The molecular formula is C13H17N3O. The van der Waals surface area contributed by atoms with Gasteiger partial charge in [-0.05, 0) is 18.9 Å². The van der Waals surface area contributed by atoms with Crippen LogP contribution in [0.3, 0.4) is 0 Å². The zero-order chi connectivity index (χ0) is 12.3. The van der Waals surface area contributed by atoms with Crippen LogP contribution >= 0.6 is 0 Å². The van der Waals surface area contributed by atoms with Gasteiger partial charge in [0.1, 0.15) is 0 Å². The van der Waals surface area contributed by atoms with Crippen molar-refractivity contribution in [1.82, 2.24) is 10.1 Å². The molecule has 0 fully saturated rings. The summed E-state index contributed by atoms with van der Waals surface area (Å²) in [6.07, 6.45) is 1.79. The van der Waals surface area contributed by atoms with Gasteiger partial charge in [-0.15, -0.1) is 0 Å². The summed E-state index contributed by atoms with van der Waals surface area (Å²) in [7, 11) is 0. The van der Waals surface area contributed by atoms with Crippen molar-refractivity contribution in [2.24, 2.45) is 5.73 Å². The molecule has 17 heavy (non-hydrogen) atoms. The number of hydrogen-bond donors (Lipinski definition) is 1. The Morgan fingerprint density at radius 3 is 2.65 bits per heavy atom. The van der Waals surface area contributed by atoms with Crippen LogP contribution in [0, 0.1) is 6.92 Å². The summed E-state index contributed by atoms with van der Waals surface area (Å²) in [5.74, 6) is 1.21. The fourth-order valence-electron chi connectivity index (χ4n) is 1.63. The highest BCUT2D eigenvalue weighted by Crippen LogP contribution is 2.17. The molecule has 1 aromatic carbocycles. The molecule has 2 N–H and O–H groups in total. The first-order valence-corrected chi connectivity index (χ1v) is 5.85. The molecule has 2 rings (SSSR count). The van der Waals surface area contributed by atoms with E-state index in [4.69, 9.17) is 10.3 Å². The van der Waals surface area contributed by atoms with Crippen molar-refractivity contribution in [2.75, 3.05) is 0 Å². The molecular weight excluding hydrogens is 214 g/mol. The van der Waals surface area contributed by atoms with Crippen LogP contribution in [0.4, 0.5) is 0 Å². The molecule has 1 aromatic heterocycles. The van der Waals surface area contributed by atoms with Crippen LogP contribution in [0.2, 0.25) is 0 Å². The molecule has 0 saturated carbocycles. The molecule has 0 amide bonds. The zero-order valence-corrected chi connectivity index (χ0v) is 10.2. The second kappa shape index (κ2) is 5.10. The van der Waals surface area contributed by atoms with Crippen molar-refractivity contribution in [1.29, 1.82) is 0 Å². The average Bonchev–Trinajstić information content (AvgIpc) is 2.78. The van der Waals surface area contributed by atoms with Gasteiger partial charge < -0.3 is 10.3 Å². The molecule has 4 nitrogen and oxygen atoms in total. The van der Waals surface area contributed by atoms with Crippen molar-refractivity contribution in [3.63, 3.8) is 0 Å². The molecule has 90 valence electrons. The number of aryl methyl sites for hydroxylation is 2. The predicted octanol–water partition coefficient (Wildman–Crippen LogP) is 2.38. The minimum absolute atomic E-state index is 0.315. The van der Waals surface area contributed by atoms with Crippen molar-refractivity contribution >= 4 is 0 Å². The molecule has 0 aliphatic heterocycles. The summed E-state index contributed by atoms with van der Waals surface area (Å²) in [4.78, 5) is 4.30. The Kier molecular flexibility index (Phi) is 3.54. The lowest BCUT2D eigenvalue weighted by atomic mass is 10.1. The van der Waals surface area contributed by atoms with E-state index in [1.54, 1.807) is 0 Å². The Morgan fingerprint density at radius 2 is 2.00 bits per heavy atom. The van der Waals surface area contributed by atoms with Gasteiger partial charge in [0.25, 0.3) is 0 Å². The molecule has 0 radical (unpaired) electrons. The van der Waals surface area contributed by atoms with Gasteiger partial charge in [0, 0.05) is 6.42 Å². The van der Waals surface area contributed by atoms with E-state index in [0.717, 1.165) is 18.4 Å². The fourth-order valence-corrected chi connectivity index (χ4v) is 1.63. The molecule has 1 unspecified atom stereocenters. The maximum atomic E-state index is 6.09. The number of nitrogens with zero attached hydrogens (tertiary/aromatic N) is 2. The second-order valence-corrected chi connectivity index (χ2v) is 4.18. The summed E-state index contributed by atoms with van der Waals surface area (Å²) in [5.41, 5.74) is 8.30. The Morgan fingerprint density at radius 1 is 1.29 bits per heavy atom. The lowest BCUT2D eigenvalue weighted by molar-refractivity contribution is 0.370.